The first-order valence-electron chi connectivity index (χ1n) is 7.44. The highest BCUT2D eigenvalue weighted by atomic mass is 79.9. The number of aryl methyl sites for hydroxylation is 1. The average Bonchev–Trinajstić information content (AvgIpc) is 2.55. The van der Waals surface area contributed by atoms with Crippen molar-refractivity contribution in [2.24, 2.45) is 0 Å². The summed E-state index contributed by atoms with van der Waals surface area (Å²) in [5.41, 5.74) is 2.34. The van der Waals surface area contributed by atoms with E-state index in [9.17, 15) is 9.59 Å². The number of aromatic nitrogens is 2. The van der Waals surface area contributed by atoms with Crippen LogP contribution in [0.1, 0.15) is 40.1 Å². The van der Waals surface area contributed by atoms with Crippen molar-refractivity contribution in [3.05, 3.63) is 45.8 Å². The van der Waals surface area contributed by atoms with Crippen molar-refractivity contribution in [3.63, 3.8) is 0 Å². The van der Waals surface area contributed by atoms with Crippen molar-refractivity contribution in [3.8, 4) is 11.3 Å². The highest BCUT2D eigenvalue weighted by Crippen LogP contribution is 2.28. The van der Waals surface area contributed by atoms with Crippen LogP contribution in [0, 0.1) is 6.92 Å². The monoisotopic (exact) mass is 392 g/mol. The van der Waals surface area contributed by atoms with Crippen LogP contribution in [0.2, 0.25) is 0 Å². The number of pyridine rings is 2. The maximum atomic E-state index is 12.3. The quantitative estimate of drug-likeness (QED) is 0.723. The fraction of sp³-hybridized carbons (Fsp3) is 0.294. The van der Waals surface area contributed by atoms with Gasteiger partial charge in [-0.3, -0.25) is 9.97 Å². The number of esters is 2. The van der Waals surface area contributed by atoms with Gasteiger partial charge >= 0.3 is 11.9 Å². The fourth-order valence-corrected chi connectivity index (χ4v) is 2.56. The van der Waals surface area contributed by atoms with E-state index >= 15 is 0 Å². The fourth-order valence-electron chi connectivity index (χ4n) is 2.18. The molecule has 0 N–H and O–H groups in total. The molecule has 0 saturated heterocycles. The molecule has 0 aliphatic carbocycles. The van der Waals surface area contributed by atoms with Crippen molar-refractivity contribution in [2.45, 2.75) is 20.8 Å². The van der Waals surface area contributed by atoms with Gasteiger partial charge in [0.2, 0.25) is 0 Å². The summed E-state index contributed by atoms with van der Waals surface area (Å²) in [4.78, 5) is 32.7. The number of rotatable bonds is 5. The molecule has 0 unspecified atom stereocenters. The van der Waals surface area contributed by atoms with E-state index in [1.807, 2.05) is 0 Å². The van der Waals surface area contributed by atoms with Gasteiger partial charge in [0.05, 0.1) is 34.5 Å². The molecule has 0 aromatic carbocycles. The summed E-state index contributed by atoms with van der Waals surface area (Å²) in [6.45, 7) is 5.78. The summed E-state index contributed by atoms with van der Waals surface area (Å²) >= 11 is 3.29. The lowest BCUT2D eigenvalue weighted by Crippen LogP contribution is -2.10. The Morgan fingerprint density at radius 2 is 1.75 bits per heavy atom. The third-order valence-electron chi connectivity index (χ3n) is 3.24. The molecule has 2 aromatic heterocycles. The van der Waals surface area contributed by atoms with E-state index in [0.29, 0.717) is 32.4 Å². The molecule has 0 amide bonds. The molecule has 0 saturated carbocycles. The molecule has 2 heterocycles. The number of halogens is 1. The summed E-state index contributed by atoms with van der Waals surface area (Å²) in [5.74, 6) is -0.916. The number of carbonyl (C=O) groups excluding carboxylic acids is 2. The first-order valence-corrected chi connectivity index (χ1v) is 8.23. The molecule has 0 atom stereocenters. The van der Waals surface area contributed by atoms with Crippen LogP contribution in [0.25, 0.3) is 11.3 Å². The van der Waals surface area contributed by atoms with E-state index in [2.05, 4.69) is 25.9 Å². The molecule has 7 heteroatoms. The third kappa shape index (κ3) is 3.79. The summed E-state index contributed by atoms with van der Waals surface area (Å²) in [6.07, 6.45) is 4.62. The van der Waals surface area contributed by atoms with Crippen LogP contribution in [-0.2, 0) is 9.47 Å². The molecule has 126 valence electrons. The second-order valence-corrected chi connectivity index (χ2v) is 5.72. The maximum absolute atomic E-state index is 12.3. The summed E-state index contributed by atoms with van der Waals surface area (Å²) in [7, 11) is 0. The minimum atomic E-state index is -0.466. The van der Waals surface area contributed by atoms with Crippen molar-refractivity contribution in [1.29, 1.82) is 0 Å². The van der Waals surface area contributed by atoms with Crippen molar-refractivity contribution >= 4 is 27.9 Å². The van der Waals surface area contributed by atoms with E-state index in [4.69, 9.17) is 9.47 Å². The third-order valence-corrected chi connectivity index (χ3v) is 3.87. The van der Waals surface area contributed by atoms with Crippen LogP contribution in [0.4, 0.5) is 0 Å². The second kappa shape index (κ2) is 8.01. The Balaban J connectivity index is 2.57. The molecule has 24 heavy (non-hydrogen) atoms. The first-order chi connectivity index (χ1) is 11.5. The van der Waals surface area contributed by atoms with Crippen molar-refractivity contribution in [2.75, 3.05) is 13.2 Å². The highest BCUT2D eigenvalue weighted by Gasteiger charge is 2.20. The normalized spacial score (nSPS) is 10.3. The smallest absolute Gasteiger partial charge is 0.339 e. The Morgan fingerprint density at radius 3 is 2.42 bits per heavy atom. The topological polar surface area (TPSA) is 78.4 Å². The van der Waals surface area contributed by atoms with Gasteiger partial charge < -0.3 is 9.47 Å². The molecule has 0 aliphatic heterocycles. The Labute approximate surface area is 148 Å². The Hall–Kier alpha value is -2.28. The van der Waals surface area contributed by atoms with E-state index in [0.717, 1.165) is 0 Å². The van der Waals surface area contributed by atoms with Crippen LogP contribution >= 0.6 is 15.9 Å². The second-order valence-electron chi connectivity index (χ2n) is 4.87. The number of hydrogen-bond donors (Lipinski definition) is 0. The lowest BCUT2D eigenvalue weighted by Gasteiger charge is -2.12. The zero-order chi connectivity index (χ0) is 17.7. The van der Waals surface area contributed by atoms with E-state index in [-0.39, 0.29) is 13.2 Å². The molecular formula is C17H17BrN2O4. The molecule has 6 nitrogen and oxygen atoms in total. The molecule has 2 rings (SSSR count). The van der Waals surface area contributed by atoms with Crippen LogP contribution in [0.15, 0.2) is 29.1 Å². The molecule has 0 radical (unpaired) electrons. The largest absolute Gasteiger partial charge is 0.462 e. The van der Waals surface area contributed by atoms with E-state index in [1.54, 1.807) is 33.0 Å². The zero-order valence-electron chi connectivity index (χ0n) is 13.6. The SMILES string of the molecule is CCOC(=O)c1cc(-c2cncc(C)c2C(=O)OCC)ncc1Br. The summed E-state index contributed by atoms with van der Waals surface area (Å²) < 4.78 is 10.7. The number of hydrogen-bond acceptors (Lipinski definition) is 6. The molecular weight excluding hydrogens is 376 g/mol. The molecule has 0 aliphatic rings. The van der Waals surface area contributed by atoms with Gasteiger partial charge in [-0.15, -0.1) is 0 Å². The zero-order valence-corrected chi connectivity index (χ0v) is 15.2. The lowest BCUT2D eigenvalue weighted by molar-refractivity contribution is 0.0517. The standard InChI is InChI=1S/C17H17BrN2O4/c1-4-23-16(21)11-6-14(20-9-13(11)18)12-8-19-7-10(3)15(12)17(22)24-5-2/h6-9H,4-5H2,1-3H3. The average molecular weight is 393 g/mol. The molecule has 0 spiro atoms. The minimum Gasteiger partial charge on any atom is -0.462 e. The van der Waals surface area contributed by atoms with Gasteiger partial charge in [0.1, 0.15) is 0 Å². The predicted octanol–water partition coefficient (Wildman–Crippen LogP) is 3.57. The van der Waals surface area contributed by atoms with Crippen LogP contribution in [0.5, 0.6) is 0 Å². The van der Waals surface area contributed by atoms with Gasteiger partial charge in [-0.1, -0.05) is 0 Å². The summed E-state index contributed by atoms with van der Waals surface area (Å²) in [6, 6.07) is 1.57. The number of nitrogens with zero attached hydrogens (tertiary/aromatic N) is 2. The van der Waals surface area contributed by atoms with Crippen molar-refractivity contribution in [1.82, 2.24) is 9.97 Å². The predicted molar refractivity (Wildman–Crippen MR) is 91.8 cm³/mol. The highest BCUT2D eigenvalue weighted by molar-refractivity contribution is 9.10. The van der Waals surface area contributed by atoms with Gasteiger partial charge in [-0.2, -0.15) is 0 Å². The summed E-state index contributed by atoms with van der Waals surface area (Å²) in [5, 5.41) is 0. The Morgan fingerprint density at radius 1 is 1.08 bits per heavy atom. The van der Waals surface area contributed by atoms with E-state index in [1.165, 1.54) is 12.4 Å². The molecule has 0 bridgehead atoms. The van der Waals surface area contributed by atoms with Gasteiger partial charge in [-0.25, -0.2) is 9.59 Å². The minimum absolute atomic E-state index is 0.266. The number of carbonyl (C=O) groups is 2. The van der Waals surface area contributed by atoms with Crippen molar-refractivity contribution < 1.29 is 19.1 Å². The first kappa shape index (κ1) is 18.1. The Kier molecular flexibility index (Phi) is 6.03. The lowest BCUT2D eigenvalue weighted by atomic mass is 10.0. The maximum Gasteiger partial charge on any atom is 0.339 e. The number of ether oxygens (including phenoxy) is 2. The van der Waals surface area contributed by atoms with E-state index < -0.39 is 11.9 Å². The van der Waals surface area contributed by atoms with Crippen LogP contribution < -0.4 is 0 Å². The molecule has 0 fully saturated rings. The van der Waals surface area contributed by atoms with Crippen LogP contribution in [-0.4, -0.2) is 35.1 Å². The van der Waals surface area contributed by atoms with Gasteiger partial charge in [0.25, 0.3) is 0 Å². The Bertz CT molecular complexity index is 777. The van der Waals surface area contributed by atoms with Gasteiger partial charge in [0, 0.05) is 24.2 Å². The van der Waals surface area contributed by atoms with Gasteiger partial charge in [-0.05, 0) is 48.3 Å². The molecule has 2 aromatic rings. The van der Waals surface area contributed by atoms with Gasteiger partial charge in [0.15, 0.2) is 0 Å². The van der Waals surface area contributed by atoms with Crippen LogP contribution in [0.3, 0.4) is 0 Å².